The first-order valence-electron chi connectivity index (χ1n) is 10.3. The minimum absolute atomic E-state index is 0.287. The van der Waals surface area contributed by atoms with Crippen LogP contribution in [0.2, 0.25) is 0 Å². The molecule has 8 nitrogen and oxygen atoms in total. The van der Waals surface area contributed by atoms with Crippen molar-refractivity contribution in [2.24, 2.45) is 0 Å². The summed E-state index contributed by atoms with van der Waals surface area (Å²) in [5, 5.41) is 10.4. The van der Waals surface area contributed by atoms with Crippen LogP contribution >= 0.6 is 0 Å². The molecule has 3 heterocycles. The molecule has 0 amide bonds. The molecule has 162 valence electrons. The number of anilines is 3. The highest BCUT2D eigenvalue weighted by atomic mass is 19.1. The lowest BCUT2D eigenvalue weighted by atomic mass is 9.98. The number of fused-ring (bicyclic) bond motifs is 1. The Hall–Kier alpha value is -3.85. The van der Waals surface area contributed by atoms with Crippen LogP contribution in [-0.4, -0.2) is 38.4 Å². The minimum Gasteiger partial charge on any atom is -0.373 e. The molecular formula is C23H22FN7O. The average molecular weight is 431 g/mol. The summed E-state index contributed by atoms with van der Waals surface area (Å²) in [6, 6.07) is 14.8. The van der Waals surface area contributed by atoms with Gasteiger partial charge in [-0.2, -0.15) is 10.1 Å². The van der Waals surface area contributed by atoms with Gasteiger partial charge >= 0.3 is 0 Å². The molecule has 0 fully saturated rings. The largest absolute Gasteiger partial charge is 0.373 e. The Morgan fingerprint density at radius 2 is 1.97 bits per heavy atom. The number of aryl methyl sites for hydroxylation is 1. The number of benzene rings is 2. The van der Waals surface area contributed by atoms with Crippen LogP contribution in [-0.2, 0) is 11.2 Å². The third-order valence-electron chi connectivity index (χ3n) is 5.32. The molecule has 9 heteroatoms. The lowest BCUT2D eigenvalue weighted by Crippen LogP contribution is -2.22. The molecule has 1 aliphatic rings. The van der Waals surface area contributed by atoms with E-state index in [0.29, 0.717) is 29.8 Å². The van der Waals surface area contributed by atoms with E-state index in [2.05, 4.69) is 25.7 Å². The summed E-state index contributed by atoms with van der Waals surface area (Å²) < 4.78 is 22.2. The maximum Gasteiger partial charge on any atom is 0.229 e. The summed E-state index contributed by atoms with van der Waals surface area (Å²) in [6.45, 7) is 2.34. The van der Waals surface area contributed by atoms with E-state index in [4.69, 9.17) is 9.72 Å². The van der Waals surface area contributed by atoms with Crippen molar-refractivity contribution in [2.45, 2.75) is 19.4 Å². The molecule has 0 spiro atoms. The van der Waals surface area contributed by atoms with Crippen LogP contribution in [0.3, 0.4) is 0 Å². The van der Waals surface area contributed by atoms with Gasteiger partial charge in [0, 0.05) is 24.7 Å². The van der Waals surface area contributed by atoms with Gasteiger partial charge in [-0.3, -0.25) is 0 Å². The molecule has 1 unspecified atom stereocenters. The summed E-state index contributed by atoms with van der Waals surface area (Å²) in [5.41, 5.74) is 3.70. The van der Waals surface area contributed by atoms with E-state index in [1.807, 2.05) is 37.4 Å². The maximum atomic E-state index is 14.7. The van der Waals surface area contributed by atoms with Crippen LogP contribution in [0, 0.1) is 12.7 Å². The molecule has 0 aliphatic carbocycles. The van der Waals surface area contributed by atoms with Crippen molar-refractivity contribution in [1.82, 2.24) is 24.7 Å². The predicted octanol–water partition coefficient (Wildman–Crippen LogP) is 3.95. The van der Waals surface area contributed by atoms with Gasteiger partial charge in [0.1, 0.15) is 29.8 Å². The summed E-state index contributed by atoms with van der Waals surface area (Å²) in [5.74, 6) is 1.24. The maximum absolute atomic E-state index is 14.7. The van der Waals surface area contributed by atoms with Gasteiger partial charge in [-0.05, 0) is 30.7 Å². The van der Waals surface area contributed by atoms with Crippen LogP contribution in [0.5, 0.6) is 0 Å². The van der Waals surface area contributed by atoms with Crippen molar-refractivity contribution in [3.8, 4) is 5.69 Å². The van der Waals surface area contributed by atoms with Crippen molar-refractivity contribution >= 4 is 17.5 Å². The van der Waals surface area contributed by atoms with Crippen LogP contribution in [0.15, 0.2) is 54.9 Å². The molecular weight excluding hydrogens is 409 g/mol. The molecule has 32 heavy (non-hydrogen) atoms. The van der Waals surface area contributed by atoms with E-state index in [-0.39, 0.29) is 6.10 Å². The van der Waals surface area contributed by atoms with Gasteiger partial charge in [-0.25, -0.2) is 19.0 Å². The number of ether oxygens (including phenoxy) is 1. The van der Waals surface area contributed by atoms with E-state index in [9.17, 15) is 4.39 Å². The third kappa shape index (κ3) is 3.78. The van der Waals surface area contributed by atoms with Gasteiger partial charge in [0.25, 0.3) is 0 Å². The second kappa shape index (κ2) is 8.35. The minimum atomic E-state index is -0.433. The van der Waals surface area contributed by atoms with Crippen LogP contribution in [0.25, 0.3) is 5.69 Å². The van der Waals surface area contributed by atoms with Crippen LogP contribution in [0.1, 0.15) is 28.7 Å². The van der Waals surface area contributed by atoms with E-state index in [0.717, 1.165) is 29.1 Å². The Morgan fingerprint density at radius 3 is 2.69 bits per heavy atom. The molecule has 0 saturated heterocycles. The molecule has 4 aromatic rings. The highest BCUT2D eigenvalue weighted by Crippen LogP contribution is 2.35. The van der Waals surface area contributed by atoms with Crippen molar-refractivity contribution in [1.29, 1.82) is 0 Å². The first kappa shape index (κ1) is 20.1. The van der Waals surface area contributed by atoms with E-state index < -0.39 is 5.82 Å². The second-order valence-electron chi connectivity index (χ2n) is 7.45. The van der Waals surface area contributed by atoms with Gasteiger partial charge in [0.2, 0.25) is 5.95 Å². The number of nitrogens with one attached hydrogen (secondary N) is 2. The topological polar surface area (TPSA) is 89.8 Å². The van der Waals surface area contributed by atoms with Gasteiger partial charge in [0.05, 0.1) is 12.3 Å². The number of hydrogen-bond acceptors (Lipinski definition) is 7. The predicted molar refractivity (Wildman–Crippen MR) is 119 cm³/mol. The fourth-order valence-electron chi connectivity index (χ4n) is 3.83. The average Bonchev–Trinajstić information content (AvgIpc) is 3.24. The summed E-state index contributed by atoms with van der Waals surface area (Å²) in [7, 11) is 1.83. The number of halogens is 1. The zero-order valence-corrected chi connectivity index (χ0v) is 17.7. The molecule has 1 atom stereocenters. The van der Waals surface area contributed by atoms with E-state index in [1.165, 1.54) is 17.1 Å². The monoisotopic (exact) mass is 431 g/mol. The van der Waals surface area contributed by atoms with Gasteiger partial charge in [-0.15, -0.1) is 0 Å². The number of aromatic nitrogens is 5. The SMILES string of the molecule is CNc1nc(Nc2ccc(-n3cnc(C)n3)c(F)c2)nc2c1CCOC2c1ccccc1. The van der Waals surface area contributed by atoms with Crippen molar-refractivity contribution < 1.29 is 9.13 Å². The lowest BCUT2D eigenvalue weighted by molar-refractivity contribution is 0.0665. The first-order valence-corrected chi connectivity index (χ1v) is 10.3. The van der Waals surface area contributed by atoms with Crippen molar-refractivity contribution in [2.75, 3.05) is 24.3 Å². The zero-order valence-electron chi connectivity index (χ0n) is 17.7. The number of hydrogen-bond donors (Lipinski definition) is 2. The Morgan fingerprint density at radius 1 is 1.12 bits per heavy atom. The van der Waals surface area contributed by atoms with Crippen LogP contribution in [0.4, 0.5) is 21.8 Å². The Bertz CT molecular complexity index is 1260. The Labute approximate surface area is 184 Å². The normalized spacial score (nSPS) is 15.3. The van der Waals surface area contributed by atoms with Crippen molar-refractivity contribution in [3.63, 3.8) is 0 Å². The van der Waals surface area contributed by atoms with E-state index >= 15 is 0 Å². The molecule has 2 aromatic carbocycles. The summed E-state index contributed by atoms with van der Waals surface area (Å²) in [4.78, 5) is 13.4. The van der Waals surface area contributed by atoms with Crippen molar-refractivity contribution in [3.05, 3.63) is 83.3 Å². The Balaban J connectivity index is 1.49. The molecule has 5 rings (SSSR count). The third-order valence-corrected chi connectivity index (χ3v) is 5.32. The molecule has 0 saturated carbocycles. The molecule has 2 aromatic heterocycles. The number of rotatable bonds is 5. The van der Waals surface area contributed by atoms with Gasteiger partial charge in [0.15, 0.2) is 5.82 Å². The second-order valence-corrected chi connectivity index (χ2v) is 7.45. The van der Waals surface area contributed by atoms with Gasteiger partial charge < -0.3 is 15.4 Å². The van der Waals surface area contributed by atoms with Crippen LogP contribution < -0.4 is 10.6 Å². The van der Waals surface area contributed by atoms with E-state index in [1.54, 1.807) is 19.1 Å². The molecule has 0 bridgehead atoms. The standard InChI is InChI=1S/C23H22FN7O/c1-14-26-13-31(30-14)19-9-8-16(12-18(19)24)27-23-28-20-17(22(25-2)29-23)10-11-32-21(20)15-6-4-3-5-7-15/h3-9,12-13,21H,10-11H2,1-2H3,(H2,25,27,28,29). The number of nitrogens with zero attached hydrogens (tertiary/aromatic N) is 5. The molecule has 0 radical (unpaired) electrons. The highest BCUT2D eigenvalue weighted by Gasteiger charge is 2.27. The summed E-state index contributed by atoms with van der Waals surface area (Å²) in [6.07, 6.45) is 1.91. The quantitative estimate of drug-likeness (QED) is 0.494. The zero-order chi connectivity index (χ0) is 22.1. The Kier molecular flexibility index (Phi) is 5.24. The first-order chi connectivity index (χ1) is 15.6. The summed E-state index contributed by atoms with van der Waals surface area (Å²) >= 11 is 0. The molecule has 2 N–H and O–H groups in total. The highest BCUT2D eigenvalue weighted by molar-refractivity contribution is 5.60. The smallest absolute Gasteiger partial charge is 0.229 e. The fourth-order valence-corrected chi connectivity index (χ4v) is 3.83. The fraction of sp³-hybridized carbons (Fsp3) is 0.217. The lowest BCUT2D eigenvalue weighted by Gasteiger charge is -2.27. The molecule has 1 aliphatic heterocycles. The van der Waals surface area contributed by atoms with Gasteiger partial charge in [-0.1, -0.05) is 30.3 Å².